The van der Waals surface area contributed by atoms with E-state index in [-0.39, 0.29) is 45.6 Å². The van der Waals surface area contributed by atoms with Crippen molar-refractivity contribution in [2.75, 3.05) is 0 Å². The van der Waals surface area contributed by atoms with Crippen molar-refractivity contribution in [1.29, 1.82) is 0 Å². The fourth-order valence-electron chi connectivity index (χ4n) is 0.403. The Morgan fingerprint density at radius 3 is 1.21 bits per heavy atom. The Hall–Kier alpha value is 0.546. The van der Waals surface area contributed by atoms with Crippen LogP contribution in [-0.2, 0) is 4.79 Å². The van der Waals surface area contributed by atoms with E-state index in [2.05, 4.69) is 0 Å². The van der Waals surface area contributed by atoms with Crippen molar-refractivity contribution >= 4 is 51.6 Å². The first-order valence-electron chi connectivity index (χ1n) is 2.50. The molecular formula is C4H3F6IMgO2. The second-order valence-corrected chi connectivity index (χ2v) is 3.58. The molecule has 0 aliphatic heterocycles. The van der Waals surface area contributed by atoms with Gasteiger partial charge in [0.25, 0.3) is 0 Å². The highest BCUT2D eigenvalue weighted by molar-refractivity contribution is 14.1. The quantitative estimate of drug-likeness (QED) is 0.337. The summed E-state index contributed by atoms with van der Waals surface area (Å²) < 4.78 is 65.7. The van der Waals surface area contributed by atoms with E-state index in [1.165, 1.54) is 0 Å². The Balaban J connectivity index is 0. The Morgan fingerprint density at radius 2 is 1.21 bits per heavy atom. The monoisotopic (exact) mass is 348 g/mol. The zero-order valence-corrected chi connectivity index (χ0v) is 7.66. The minimum absolute atomic E-state index is 0. The van der Waals surface area contributed by atoms with Gasteiger partial charge in [0.2, 0.25) is 0 Å². The lowest BCUT2D eigenvalue weighted by molar-refractivity contribution is -0.257. The highest BCUT2D eigenvalue weighted by atomic mass is 127. The summed E-state index contributed by atoms with van der Waals surface area (Å²) in [5.41, 5.74) is 0. The molecule has 0 radical (unpaired) electrons. The molecule has 0 unspecified atom stereocenters. The smallest absolute Gasteiger partial charge is 0.422 e. The fraction of sp³-hybridized carbons (Fsp3) is 0.750. The number of carbonyl (C=O) groups is 1. The maximum Gasteiger partial charge on any atom is 0.422 e. The molecular weight excluding hydrogens is 345 g/mol. The summed E-state index contributed by atoms with van der Waals surface area (Å²) >= 11 is -0.171. The Labute approximate surface area is 103 Å². The van der Waals surface area contributed by atoms with Crippen LogP contribution in [0, 0.1) is 0 Å². The summed E-state index contributed by atoms with van der Waals surface area (Å²) in [6.07, 6.45) is -11.8. The second kappa shape index (κ2) is 4.59. The third kappa shape index (κ3) is 2.78. The Bertz CT molecular complexity index is 209. The largest absolute Gasteiger partial charge is 0.480 e. The first kappa shape index (κ1) is 17.0. The second-order valence-electron chi connectivity index (χ2n) is 1.96. The molecule has 14 heavy (non-hydrogen) atoms. The average molecular weight is 348 g/mol. The van der Waals surface area contributed by atoms with Crippen molar-refractivity contribution in [3.05, 3.63) is 0 Å². The molecule has 10 heteroatoms. The number of carboxylic acid groups (broad SMARTS) is 1. The molecule has 0 saturated heterocycles. The van der Waals surface area contributed by atoms with Gasteiger partial charge >= 0.3 is 44.8 Å². The number of alkyl halides is 7. The minimum atomic E-state index is -5.88. The number of halogens is 7. The molecule has 2 nitrogen and oxygen atoms in total. The molecule has 0 bridgehead atoms. The number of hydrogen-bond acceptors (Lipinski definition) is 1. The van der Waals surface area contributed by atoms with Crippen LogP contribution in [0.3, 0.4) is 0 Å². The van der Waals surface area contributed by atoms with E-state index in [1.807, 2.05) is 0 Å². The normalized spacial score (nSPS) is 13.4. The van der Waals surface area contributed by atoms with E-state index in [0.29, 0.717) is 0 Å². The first-order chi connectivity index (χ1) is 5.44. The molecule has 82 valence electrons. The van der Waals surface area contributed by atoms with E-state index in [9.17, 15) is 31.1 Å². The highest BCUT2D eigenvalue weighted by Gasteiger charge is 2.75. The third-order valence-corrected chi connectivity index (χ3v) is 2.76. The summed E-state index contributed by atoms with van der Waals surface area (Å²) in [5, 5.41) is 7.86. The lowest BCUT2D eigenvalue weighted by Crippen LogP contribution is -2.57. The molecule has 0 spiro atoms. The van der Waals surface area contributed by atoms with Gasteiger partial charge in [0.1, 0.15) is 0 Å². The van der Waals surface area contributed by atoms with Crippen LogP contribution in [0.5, 0.6) is 0 Å². The molecule has 0 aliphatic rings. The van der Waals surface area contributed by atoms with Crippen molar-refractivity contribution in [3.8, 4) is 0 Å². The molecule has 0 atom stereocenters. The standard InChI is InChI=1S/C4HF6IO2.Mg.2H/c5-3(6,7)2(11,1(12)13)4(8,9)10;;;/h(H,12,13);;;. The molecule has 0 aromatic rings. The van der Waals surface area contributed by atoms with Gasteiger partial charge in [-0.3, -0.25) is 4.79 Å². The molecule has 1 N–H and O–H groups in total. The SMILES string of the molecule is O=C(O)C(I)(C(F)(F)F)C(F)(F)F.[MgH2]. The van der Waals surface area contributed by atoms with E-state index in [0.717, 1.165) is 0 Å². The van der Waals surface area contributed by atoms with Crippen molar-refractivity contribution in [2.45, 2.75) is 15.8 Å². The van der Waals surface area contributed by atoms with Crippen LogP contribution in [0.4, 0.5) is 26.3 Å². The van der Waals surface area contributed by atoms with E-state index in [4.69, 9.17) is 5.11 Å². The zero-order valence-electron chi connectivity index (χ0n) is 5.50. The summed E-state index contributed by atoms with van der Waals surface area (Å²) in [4.78, 5) is 9.87. The molecule has 0 aliphatic carbocycles. The van der Waals surface area contributed by atoms with Gasteiger partial charge in [0, 0.05) is 0 Å². The van der Waals surface area contributed by atoms with E-state index >= 15 is 0 Å². The van der Waals surface area contributed by atoms with Gasteiger partial charge in [-0.1, -0.05) is 0 Å². The van der Waals surface area contributed by atoms with Crippen LogP contribution in [0.1, 0.15) is 0 Å². The summed E-state index contributed by atoms with van der Waals surface area (Å²) in [6, 6.07) is 0. The molecule has 0 rings (SSSR count). The molecule has 0 amide bonds. The van der Waals surface area contributed by atoms with Gasteiger partial charge in [-0.05, 0) is 22.6 Å². The zero-order chi connectivity index (χ0) is 11.1. The maximum absolute atomic E-state index is 11.7. The summed E-state index contributed by atoms with van der Waals surface area (Å²) in [7, 11) is 0. The molecule has 0 aromatic heterocycles. The van der Waals surface area contributed by atoms with Crippen molar-refractivity contribution < 1.29 is 36.2 Å². The van der Waals surface area contributed by atoms with Crippen molar-refractivity contribution in [3.63, 3.8) is 0 Å². The van der Waals surface area contributed by atoms with Crippen LogP contribution >= 0.6 is 22.6 Å². The predicted octanol–water partition coefficient (Wildman–Crippen LogP) is 1.45. The molecule has 0 saturated carbocycles. The van der Waals surface area contributed by atoms with Crippen molar-refractivity contribution in [2.24, 2.45) is 0 Å². The third-order valence-electron chi connectivity index (χ3n) is 1.08. The van der Waals surface area contributed by atoms with Gasteiger partial charge in [0.05, 0.1) is 0 Å². The maximum atomic E-state index is 11.7. The van der Waals surface area contributed by atoms with Crippen LogP contribution in [0.25, 0.3) is 0 Å². The van der Waals surface area contributed by atoms with E-state index in [1.54, 1.807) is 0 Å². The number of aliphatic carboxylic acids is 1. The van der Waals surface area contributed by atoms with Gasteiger partial charge in [-0.15, -0.1) is 0 Å². The summed E-state index contributed by atoms with van der Waals surface area (Å²) in [5.74, 6) is -2.98. The average Bonchev–Trinajstić information content (AvgIpc) is 1.80. The Morgan fingerprint density at radius 1 is 1.00 bits per heavy atom. The topological polar surface area (TPSA) is 37.3 Å². The van der Waals surface area contributed by atoms with Gasteiger partial charge in [0.15, 0.2) is 0 Å². The highest BCUT2D eigenvalue weighted by Crippen LogP contribution is 2.49. The number of hydrogen-bond donors (Lipinski definition) is 1. The molecule has 0 aromatic carbocycles. The predicted molar refractivity (Wildman–Crippen MR) is 45.0 cm³/mol. The van der Waals surface area contributed by atoms with Crippen LogP contribution in [-0.4, -0.2) is 49.9 Å². The Kier molecular flexibility index (Phi) is 5.56. The van der Waals surface area contributed by atoms with Crippen LogP contribution < -0.4 is 0 Å². The fourth-order valence-corrected chi connectivity index (χ4v) is 0.403. The van der Waals surface area contributed by atoms with Gasteiger partial charge in [-0.25, -0.2) is 0 Å². The summed E-state index contributed by atoms with van der Waals surface area (Å²) in [6.45, 7) is 0. The van der Waals surface area contributed by atoms with Crippen molar-refractivity contribution in [1.82, 2.24) is 0 Å². The van der Waals surface area contributed by atoms with Gasteiger partial charge in [-0.2, -0.15) is 26.3 Å². The molecule has 0 fully saturated rings. The van der Waals surface area contributed by atoms with E-state index < -0.39 is 21.7 Å². The lowest BCUT2D eigenvalue weighted by atomic mass is 10.1. The van der Waals surface area contributed by atoms with Gasteiger partial charge < -0.3 is 5.11 Å². The first-order valence-corrected chi connectivity index (χ1v) is 3.58. The minimum Gasteiger partial charge on any atom is -0.480 e. The number of rotatable bonds is 1. The lowest BCUT2D eigenvalue weighted by Gasteiger charge is -2.27. The van der Waals surface area contributed by atoms with Crippen LogP contribution in [0.2, 0.25) is 0 Å². The molecule has 0 heterocycles. The number of carboxylic acids is 1. The van der Waals surface area contributed by atoms with Crippen LogP contribution in [0.15, 0.2) is 0 Å².